The van der Waals surface area contributed by atoms with Gasteiger partial charge in [-0.1, -0.05) is 62.4 Å². The second-order valence-electron chi connectivity index (χ2n) is 5.71. The fraction of sp³-hybridized carbons (Fsp3) is 0.316. The summed E-state index contributed by atoms with van der Waals surface area (Å²) in [5, 5.41) is 3.05. The summed E-state index contributed by atoms with van der Waals surface area (Å²) in [4.78, 5) is 12.6. The first-order chi connectivity index (χ1) is 10.5. The first kappa shape index (κ1) is 16.2. The quantitative estimate of drug-likeness (QED) is 0.885. The highest BCUT2D eigenvalue weighted by molar-refractivity contribution is 5.96. The number of carbonyl (C=O) groups excluding carboxylic acids is 1. The predicted octanol–water partition coefficient (Wildman–Crippen LogP) is 4.44. The topological polar surface area (TPSA) is 38.3 Å². The van der Waals surface area contributed by atoms with E-state index in [0.29, 0.717) is 5.92 Å². The molecule has 0 fully saturated rings. The standard InChI is InChI=1S/C19H23NO2/c1-13(2)16-12-8-9-14(3)17(16)20-19(21)18(22-4)15-10-6-5-7-11-15/h5-13,18H,1-4H3,(H,20,21). The molecule has 2 aromatic rings. The van der Waals surface area contributed by atoms with Gasteiger partial charge in [-0.15, -0.1) is 0 Å². The number of nitrogens with one attached hydrogen (secondary N) is 1. The molecule has 3 heteroatoms. The van der Waals surface area contributed by atoms with E-state index in [2.05, 4.69) is 25.2 Å². The molecule has 3 nitrogen and oxygen atoms in total. The van der Waals surface area contributed by atoms with Crippen LogP contribution in [0.15, 0.2) is 48.5 Å². The van der Waals surface area contributed by atoms with Crippen molar-refractivity contribution in [1.82, 2.24) is 0 Å². The third-order valence-electron chi connectivity index (χ3n) is 3.75. The summed E-state index contributed by atoms with van der Waals surface area (Å²) >= 11 is 0. The Bertz CT molecular complexity index is 635. The zero-order valence-corrected chi connectivity index (χ0v) is 13.6. The van der Waals surface area contributed by atoms with Crippen LogP contribution in [0.2, 0.25) is 0 Å². The molecular formula is C19H23NO2. The van der Waals surface area contributed by atoms with Gasteiger partial charge in [-0.25, -0.2) is 0 Å². The lowest BCUT2D eigenvalue weighted by molar-refractivity contribution is -0.126. The maximum Gasteiger partial charge on any atom is 0.258 e. The average molecular weight is 297 g/mol. The number of anilines is 1. The minimum atomic E-state index is -0.610. The molecule has 0 aromatic heterocycles. The molecule has 0 spiro atoms. The Morgan fingerprint density at radius 1 is 1.05 bits per heavy atom. The fourth-order valence-corrected chi connectivity index (χ4v) is 2.55. The van der Waals surface area contributed by atoms with Gasteiger partial charge in [-0.2, -0.15) is 0 Å². The van der Waals surface area contributed by atoms with Gasteiger partial charge in [-0.3, -0.25) is 4.79 Å². The molecule has 1 amide bonds. The Morgan fingerprint density at radius 3 is 2.32 bits per heavy atom. The monoisotopic (exact) mass is 297 g/mol. The Balaban J connectivity index is 2.29. The number of amides is 1. The van der Waals surface area contributed by atoms with Crippen LogP contribution in [0.3, 0.4) is 0 Å². The molecule has 0 saturated heterocycles. The van der Waals surface area contributed by atoms with E-state index in [1.54, 1.807) is 7.11 Å². The van der Waals surface area contributed by atoms with Crippen molar-refractivity contribution >= 4 is 11.6 Å². The number of aryl methyl sites for hydroxylation is 1. The highest BCUT2D eigenvalue weighted by Gasteiger charge is 2.21. The van der Waals surface area contributed by atoms with Crippen LogP contribution in [0.1, 0.15) is 42.6 Å². The first-order valence-electron chi connectivity index (χ1n) is 7.52. The van der Waals surface area contributed by atoms with Crippen molar-refractivity contribution in [1.29, 1.82) is 0 Å². The van der Waals surface area contributed by atoms with Gasteiger partial charge in [0.15, 0.2) is 6.10 Å². The molecule has 2 aromatic carbocycles. The lowest BCUT2D eigenvalue weighted by Crippen LogP contribution is -2.23. The van der Waals surface area contributed by atoms with Crippen LogP contribution < -0.4 is 5.32 Å². The molecule has 0 saturated carbocycles. The molecule has 0 aliphatic rings. The van der Waals surface area contributed by atoms with Crippen molar-refractivity contribution in [2.24, 2.45) is 0 Å². The van der Waals surface area contributed by atoms with Crippen LogP contribution in [-0.2, 0) is 9.53 Å². The van der Waals surface area contributed by atoms with Crippen molar-refractivity contribution in [2.75, 3.05) is 12.4 Å². The summed E-state index contributed by atoms with van der Waals surface area (Å²) in [6.45, 7) is 6.25. The summed E-state index contributed by atoms with van der Waals surface area (Å²) < 4.78 is 5.40. The predicted molar refractivity (Wildman–Crippen MR) is 90.1 cm³/mol. The Morgan fingerprint density at radius 2 is 1.73 bits per heavy atom. The van der Waals surface area contributed by atoms with Crippen molar-refractivity contribution in [3.63, 3.8) is 0 Å². The number of rotatable bonds is 5. The minimum absolute atomic E-state index is 0.148. The van der Waals surface area contributed by atoms with Crippen LogP contribution in [0.4, 0.5) is 5.69 Å². The molecule has 1 unspecified atom stereocenters. The Hall–Kier alpha value is -2.13. The maximum atomic E-state index is 12.6. The fourth-order valence-electron chi connectivity index (χ4n) is 2.55. The number of methoxy groups -OCH3 is 1. The van der Waals surface area contributed by atoms with Gasteiger partial charge in [0.25, 0.3) is 5.91 Å². The van der Waals surface area contributed by atoms with Crippen LogP contribution in [0.5, 0.6) is 0 Å². The molecule has 0 heterocycles. The largest absolute Gasteiger partial charge is 0.367 e. The molecule has 1 N–H and O–H groups in total. The SMILES string of the molecule is COC(C(=O)Nc1c(C)cccc1C(C)C)c1ccccc1. The van der Waals surface area contributed by atoms with E-state index in [9.17, 15) is 4.79 Å². The lowest BCUT2D eigenvalue weighted by Gasteiger charge is -2.20. The number of carbonyl (C=O) groups is 1. The second kappa shape index (κ2) is 7.23. The second-order valence-corrected chi connectivity index (χ2v) is 5.71. The van der Waals surface area contributed by atoms with Gasteiger partial charge in [0.1, 0.15) is 0 Å². The number of ether oxygens (including phenoxy) is 1. The van der Waals surface area contributed by atoms with Crippen molar-refractivity contribution < 1.29 is 9.53 Å². The van der Waals surface area contributed by atoms with E-state index >= 15 is 0 Å². The first-order valence-corrected chi connectivity index (χ1v) is 7.52. The molecule has 0 radical (unpaired) electrons. The molecule has 0 bridgehead atoms. The molecule has 2 rings (SSSR count). The van der Waals surface area contributed by atoms with Gasteiger partial charge in [0.05, 0.1) is 0 Å². The third kappa shape index (κ3) is 3.55. The zero-order chi connectivity index (χ0) is 16.1. The van der Waals surface area contributed by atoms with E-state index in [4.69, 9.17) is 4.74 Å². The van der Waals surface area contributed by atoms with Crippen LogP contribution in [-0.4, -0.2) is 13.0 Å². The molecular weight excluding hydrogens is 274 g/mol. The van der Waals surface area contributed by atoms with Gasteiger partial charge >= 0.3 is 0 Å². The highest BCUT2D eigenvalue weighted by atomic mass is 16.5. The number of benzene rings is 2. The number of para-hydroxylation sites is 1. The van der Waals surface area contributed by atoms with E-state index in [1.165, 1.54) is 0 Å². The van der Waals surface area contributed by atoms with Crippen molar-refractivity contribution in [3.05, 3.63) is 65.2 Å². The van der Waals surface area contributed by atoms with Gasteiger partial charge in [0.2, 0.25) is 0 Å². The highest BCUT2D eigenvalue weighted by Crippen LogP contribution is 2.29. The summed E-state index contributed by atoms with van der Waals surface area (Å²) in [5.41, 5.74) is 3.93. The molecule has 0 aliphatic carbocycles. The van der Waals surface area contributed by atoms with E-state index in [-0.39, 0.29) is 5.91 Å². The smallest absolute Gasteiger partial charge is 0.258 e. The molecule has 22 heavy (non-hydrogen) atoms. The van der Waals surface area contributed by atoms with E-state index < -0.39 is 6.10 Å². The maximum absolute atomic E-state index is 12.6. The summed E-state index contributed by atoms with van der Waals surface area (Å²) in [7, 11) is 1.55. The van der Waals surface area contributed by atoms with Crippen LogP contribution in [0, 0.1) is 6.92 Å². The average Bonchev–Trinajstić information content (AvgIpc) is 2.51. The number of hydrogen-bond donors (Lipinski definition) is 1. The van der Waals surface area contributed by atoms with Gasteiger partial charge in [-0.05, 0) is 29.5 Å². The Labute approximate surface area is 132 Å². The normalized spacial score (nSPS) is 12.2. The van der Waals surface area contributed by atoms with Gasteiger partial charge < -0.3 is 10.1 Å². The van der Waals surface area contributed by atoms with Crippen LogP contribution >= 0.6 is 0 Å². The number of hydrogen-bond acceptors (Lipinski definition) is 2. The molecule has 0 aliphatic heterocycles. The van der Waals surface area contributed by atoms with Crippen LogP contribution in [0.25, 0.3) is 0 Å². The van der Waals surface area contributed by atoms with E-state index in [0.717, 1.165) is 22.4 Å². The van der Waals surface area contributed by atoms with Crippen molar-refractivity contribution in [2.45, 2.75) is 32.8 Å². The third-order valence-corrected chi connectivity index (χ3v) is 3.75. The summed E-state index contributed by atoms with van der Waals surface area (Å²) in [5.74, 6) is 0.192. The molecule has 1 atom stereocenters. The summed E-state index contributed by atoms with van der Waals surface area (Å²) in [6.07, 6.45) is -0.610. The van der Waals surface area contributed by atoms with E-state index in [1.807, 2.05) is 49.4 Å². The zero-order valence-electron chi connectivity index (χ0n) is 13.6. The Kier molecular flexibility index (Phi) is 5.34. The summed E-state index contributed by atoms with van der Waals surface area (Å²) in [6, 6.07) is 15.6. The van der Waals surface area contributed by atoms with Gasteiger partial charge in [0, 0.05) is 12.8 Å². The van der Waals surface area contributed by atoms with Crippen molar-refractivity contribution in [3.8, 4) is 0 Å². The molecule has 116 valence electrons. The lowest BCUT2D eigenvalue weighted by atomic mass is 9.98. The minimum Gasteiger partial charge on any atom is -0.367 e.